The van der Waals surface area contributed by atoms with Crippen molar-refractivity contribution in [3.8, 4) is 0 Å². The zero-order valence-corrected chi connectivity index (χ0v) is 8.94. The lowest BCUT2D eigenvalue weighted by Crippen LogP contribution is -2.31. The number of hydrogen-bond donors (Lipinski definition) is 2. The van der Waals surface area contributed by atoms with Crippen LogP contribution in [0.4, 0.5) is 0 Å². The summed E-state index contributed by atoms with van der Waals surface area (Å²) in [4.78, 5) is 0. The molecule has 1 aliphatic rings. The molecule has 0 aromatic rings. The van der Waals surface area contributed by atoms with Crippen LogP contribution in [0.5, 0.6) is 0 Å². The van der Waals surface area contributed by atoms with E-state index in [9.17, 15) is 0 Å². The van der Waals surface area contributed by atoms with E-state index in [1.54, 1.807) is 0 Å². The van der Waals surface area contributed by atoms with E-state index in [2.05, 4.69) is 10.6 Å². The van der Waals surface area contributed by atoms with Gasteiger partial charge in [0.2, 0.25) is 0 Å². The first-order chi connectivity index (χ1) is 6.43. The van der Waals surface area contributed by atoms with Crippen molar-refractivity contribution in [2.75, 3.05) is 20.1 Å². The maximum absolute atomic E-state index is 3.65. The van der Waals surface area contributed by atoms with Crippen molar-refractivity contribution in [1.82, 2.24) is 10.6 Å². The van der Waals surface area contributed by atoms with Crippen LogP contribution in [0, 0.1) is 0 Å². The van der Waals surface area contributed by atoms with Gasteiger partial charge in [0.05, 0.1) is 0 Å². The second-order valence-corrected chi connectivity index (χ2v) is 4.10. The quantitative estimate of drug-likeness (QED) is 0.616. The number of hydrogen-bond acceptors (Lipinski definition) is 2. The molecule has 13 heavy (non-hydrogen) atoms. The molecule has 1 rings (SSSR count). The van der Waals surface area contributed by atoms with Gasteiger partial charge in [0, 0.05) is 6.04 Å². The molecule has 0 heterocycles. The van der Waals surface area contributed by atoms with Crippen molar-refractivity contribution in [2.45, 2.75) is 51.0 Å². The van der Waals surface area contributed by atoms with Crippen LogP contribution < -0.4 is 10.6 Å². The predicted octanol–water partition coefficient (Wildman–Crippen LogP) is 1.91. The molecular weight excluding hydrogens is 160 g/mol. The van der Waals surface area contributed by atoms with E-state index in [0.29, 0.717) is 0 Å². The zero-order chi connectivity index (χ0) is 9.36. The Hall–Kier alpha value is -0.0800. The van der Waals surface area contributed by atoms with Gasteiger partial charge in [0.15, 0.2) is 0 Å². The van der Waals surface area contributed by atoms with Crippen molar-refractivity contribution in [1.29, 1.82) is 0 Å². The van der Waals surface area contributed by atoms with E-state index in [-0.39, 0.29) is 0 Å². The Balaban J connectivity index is 1.86. The lowest BCUT2D eigenvalue weighted by atomic mass is 9.95. The molecule has 2 N–H and O–H groups in total. The van der Waals surface area contributed by atoms with E-state index in [0.717, 1.165) is 12.6 Å². The first kappa shape index (κ1) is 11.0. The third-order valence-corrected chi connectivity index (χ3v) is 2.89. The molecule has 78 valence electrons. The minimum atomic E-state index is 0.836. The minimum absolute atomic E-state index is 0.836. The molecule has 2 heteroatoms. The summed E-state index contributed by atoms with van der Waals surface area (Å²) < 4.78 is 0. The third-order valence-electron chi connectivity index (χ3n) is 2.89. The summed E-state index contributed by atoms with van der Waals surface area (Å²) >= 11 is 0. The highest BCUT2D eigenvalue weighted by atomic mass is 14.9. The van der Waals surface area contributed by atoms with Crippen LogP contribution in [0.2, 0.25) is 0 Å². The third kappa shape index (κ3) is 5.27. The minimum Gasteiger partial charge on any atom is -0.320 e. The van der Waals surface area contributed by atoms with Crippen LogP contribution in [0.1, 0.15) is 44.9 Å². The molecule has 0 aliphatic heterocycles. The van der Waals surface area contributed by atoms with Crippen molar-refractivity contribution < 1.29 is 0 Å². The molecule has 0 aromatic carbocycles. The van der Waals surface area contributed by atoms with Gasteiger partial charge in [-0.25, -0.2) is 0 Å². The van der Waals surface area contributed by atoms with E-state index in [1.165, 1.54) is 51.5 Å². The highest BCUT2D eigenvalue weighted by Crippen LogP contribution is 2.17. The Labute approximate surface area is 82.5 Å². The Morgan fingerprint density at radius 1 is 1.00 bits per heavy atom. The second kappa shape index (κ2) is 7.34. The van der Waals surface area contributed by atoms with Gasteiger partial charge in [-0.15, -0.1) is 0 Å². The second-order valence-electron chi connectivity index (χ2n) is 4.10. The van der Waals surface area contributed by atoms with Crippen LogP contribution >= 0.6 is 0 Å². The van der Waals surface area contributed by atoms with Gasteiger partial charge in [-0.2, -0.15) is 0 Å². The van der Waals surface area contributed by atoms with E-state index < -0.39 is 0 Å². The standard InChI is InChI=1S/C11H24N2/c1-12-9-5-6-10-13-11-7-3-2-4-8-11/h11-13H,2-10H2,1H3. The maximum Gasteiger partial charge on any atom is 0.00670 e. The lowest BCUT2D eigenvalue weighted by molar-refractivity contribution is 0.370. The molecule has 0 atom stereocenters. The summed E-state index contributed by atoms with van der Waals surface area (Å²) in [6.07, 6.45) is 9.77. The monoisotopic (exact) mass is 184 g/mol. The van der Waals surface area contributed by atoms with Crippen LogP contribution in [0.15, 0.2) is 0 Å². The van der Waals surface area contributed by atoms with Gasteiger partial charge in [0.25, 0.3) is 0 Å². The van der Waals surface area contributed by atoms with Crippen LogP contribution in [0.3, 0.4) is 0 Å². The van der Waals surface area contributed by atoms with Crippen LogP contribution in [-0.4, -0.2) is 26.2 Å². The molecule has 0 unspecified atom stereocenters. The molecule has 0 radical (unpaired) electrons. The zero-order valence-electron chi connectivity index (χ0n) is 8.94. The summed E-state index contributed by atoms with van der Waals surface area (Å²) in [5.41, 5.74) is 0. The molecule has 1 aliphatic carbocycles. The molecule has 0 aromatic heterocycles. The fourth-order valence-electron chi connectivity index (χ4n) is 2.04. The fourth-order valence-corrected chi connectivity index (χ4v) is 2.04. The average Bonchev–Trinajstić information content (AvgIpc) is 2.19. The van der Waals surface area contributed by atoms with Gasteiger partial charge in [-0.3, -0.25) is 0 Å². The van der Waals surface area contributed by atoms with Crippen LogP contribution in [0.25, 0.3) is 0 Å². The predicted molar refractivity (Wildman–Crippen MR) is 58.0 cm³/mol. The average molecular weight is 184 g/mol. The molecule has 0 spiro atoms. The summed E-state index contributed by atoms with van der Waals surface area (Å²) in [7, 11) is 2.02. The Morgan fingerprint density at radius 3 is 2.38 bits per heavy atom. The van der Waals surface area contributed by atoms with E-state index in [1.807, 2.05) is 7.05 Å². The van der Waals surface area contributed by atoms with Gasteiger partial charge in [-0.1, -0.05) is 19.3 Å². The summed E-state index contributed by atoms with van der Waals surface area (Å²) in [5.74, 6) is 0. The topological polar surface area (TPSA) is 24.1 Å². The van der Waals surface area contributed by atoms with Gasteiger partial charge < -0.3 is 10.6 Å². The molecule has 1 fully saturated rings. The van der Waals surface area contributed by atoms with Gasteiger partial charge in [0.1, 0.15) is 0 Å². The van der Waals surface area contributed by atoms with Crippen molar-refractivity contribution in [3.63, 3.8) is 0 Å². The Kier molecular flexibility index (Phi) is 6.21. The normalized spacial score (nSPS) is 19.2. The first-order valence-electron chi connectivity index (χ1n) is 5.81. The maximum atomic E-state index is 3.65. The molecule has 1 saturated carbocycles. The number of nitrogens with one attached hydrogen (secondary N) is 2. The van der Waals surface area contributed by atoms with E-state index in [4.69, 9.17) is 0 Å². The van der Waals surface area contributed by atoms with Crippen molar-refractivity contribution in [3.05, 3.63) is 0 Å². The van der Waals surface area contributed by atoms with Crippen molar-refractivity contribution >= 4 is 0 Å². The van der Waals surface area contributed by atoms with Crippen LogP contribution in [-0.2, 0) is 0 Å². The number of rotatable bonds is 6. The van der Waals surface area contributed by atoms with Crippen molar-refractivity contribution in [2.24, 2.45) is 0 Å². The molecular formula is C11H24N2. The van der Waals surface area contributed by atoms with Gasteiger partial charge >= 0.3 is 0 Å². The summed E-state index contributed by atoms with van der Waals surface area (Å²) in [6, 6.07) is 0.836. The highest BCUT2D eigenvalue weighted by molar-refractivity contribution is 4.71. The first-order valence-corrected chi connectivity index (χ1v) is 5.81. The molecule has 0 saturated heterocycles. The molecule has 2 nitrogen and oxygen atoms in total. The molecule has 0 amide bonds. The lowest BCUT2D eigenvalue weighted by Gasteiger charge is -2.22. The Morgan fingerprint density at radius 2 is 1.69 bits per heavy atom. The van der Waals surface area contributed by atoms with E-state index >= 15 is 0 Å². The fraction of sp³-hybridized carbons (Fsp3) is 1.00. The van der Waals surface area contributed by atoms with Gasteiger partial charge in [-0.05, 0) is 45.8 Å². The SMILES string of the molecule is CNCCCCNC1CCCCC1. The highest BCUT2D eigenvalue weighted by Gasteiger charge is 2.11. The summed E-state index contributed by atoms with van der Waals surface area (Å²) in [6.45, 7) is 2.37. The Bertz CT molecular complexity index is 109. The summed E-state index contributed by atoms with van der Waals surface area (Å²) in [5, 5.41) is 6.83. The largest absolute Gasteiger partial charge is 0.320 e. The smallest absolute Gasteiger partial charge is 0.00670 e. The number of unbranched alkanes of at least 4 members (excludes halogenated alkanes) is 1. The molecule has 0 bridgehead atoms.